The minimum Gasteiger partial charge on any atom is -0.333 e. The van der Waals surface area contributed by atoms with Crippen LogP contribution in [0.2, 0.25) is 0 Å². The summed E-state index contributed by atoms with van der Waals surface area (Å²) in [5.74, 6) is 0.636. The molecule has 7 heteroatoms. The lowest BCUT2D eigenvalue weighted by atomic mass is 9.95. The number of carbonyl (C=O) groups excluding carboxylic acids is 1. The number of imidazole rings is 1. The van der Waals surface area contributed by atoms with Crippen molar-refractivity contribution in [1.29, 1.82) is 0 Å². The van der Waals surface area contributed by atoms with E-state index in [1.807, 2.05) is 31.2 Å². The van der Waals surface area contributed by atoms with Gasteiger partial charge in [-0.05, 0) is 25.0 Å². The number of urea groups is 1. The Kier molecular flexibility index (Phi) is 4.95. The molecule has 0 saturated heterocycles. The number of nitrogens with one attached hydrogen (secondary N) is 2. The van der Waals surface area contributed by atoms with Crippen molar-refractivity contribution < 1.29 is 9.00 Å². The molecule has 1 aromatic heterocycles. The standard InChI is InChI=1S/C16H22N4O2S/c1-2-23(22)15-10-6-4-8-13(15)18-16(21)19-20-11-17-12-7-3-5-9-14(12)20/h3,5,7,9,11,13,15H,2,4,6,8,10H2,1H3,(H2,18,19,21)/t13-,15+,23+/m0/s1. The maximum Gasteiger partial charge on any atom is 0.334 e. The molecule has 23 heavy (non-hydrogen) atoms. The van der Waals surface area contributed by atoms with Crippen LogP contribution in [0.4, 0.5) is 4.79 Å². The van der Waals surface area contributed by atoms with Crippen molar-refractivity contribution in [3.05, 3.63) is 30.6 Å². The van der Waals surface area contributed by atoms with E-state index in [4.69, 9.17) is 0 Å². The van der Waals surface area contributed by atoms with Crippen LogP contribution >= 0.6 is 0 Å². The molecule has 1 aliphatic carbocycles. The fraction of sp³-hybridized carbons (Fsp3) is 0.500. The molecule has 1 aromatic carbocycles. The zero-order valence-corrected chi connectivity index (χ0v) is 14.0. The lowest BCUT2D eigenvalue weighted by molar-refractivity contribution is 0.242. The van der Waals surface area contributed by atoms with E-state index in [2.05, 4.69) is 15.7 Å². The fourth-order valence-electron chi connectivity index (χ4n) is 3.15. The molecule has 6 nitrogen and oxygen atoms in total. The molecular weight excluding hydrogens is 312 g/mol. The summed E-state index contributed by atoms with van der Waals surface area (Å²) in [5, 5.41) is 3.05. The zero-order valence-electron chi connectivity index (χ0n) is 13.2. The summed E-state index contributed by atoms with van der Waals surface area (Å²) in [6.07, 6.45) is 5.54. The van der Waals surface area contributed by atoms with Gasteiger partial charge in [0.25, 0.3) is 0 Å². The van der Waals surface area contributed by atoms with E-state index in [0.29, 0.717) is 5.75 Å². The Hall–Kier alpha value is -1.89. The van der Waals surface area contributed by atoms with Gasteiger partial charge in [-0.3, -0.25) is 4.21 Å². The summed E-state index contributed by atoms with van der Waals surface area (Å²) < 4.78 is 13.8. The number of para-hydroxylation sites is 2. The Morgan fingerprint density at radius 1 is 1.35 bits per heavy atom. The Balaban J connectivity index is 1.67. The summed E-state index contributed by atoms with van der Waals surface area (Å²) in [6.45, 7) is 1.93. The number of benzene rings is 1. The van der Waals surface area contributed by atoms with E-state index < -0.39 is 10.8 Å². The minimum absolute atomic E-state index is 0.0284. The molecule has 0 bridgehead atoms. The first-order valence-corrected chi connectivity index (χ1v) is 9.44. The molecule has 3 atom stereocenters. The number of aromatic nitrogens is 2. The highest BCUT2D eigenvalue weighted by Crippen LogP contribution is 2.23. The van der Waals surface area contributed by atoms with E-state index >= 15 is 0 Å². The van der Waals surface area contributed by atoms with Gasteiger partial charge in [-0.1, -0.05) is 31.9 Å². The van der Waals surface area contributed by atoms with Crippen molar-refractivity contribution in [2.24, 2.45) is 0 Å². The molecule has 1 saturated carbocycles. The van der Waals surface area contributed by atoms with Crippen LogP contribution in [0.25, 0.3) is 11.0 Å². The highest BCUT2D eigenvalue weighted by Gasteiger charge is 2.30. The normalized spacial score (nSPS) is 22.7. The molecule has 3 rings (SSSR count). The second-order valence-electron chi connectivity index (χ2n) is 5.79. The number of amides is 2. The van der Waals surface area contributed by atoms with Gasteiger partial charge in [0.05, 0.1) is 16.3 Å². The zero-order chi connectivity index (χ0) is 16.2. The summed E-state index contributed by atoms with van der Waals surface area (Å²) in [4.78, 5) is 16.6. The predicted octanol–water partition coefficient (Wildman–Crippen LogP) is 2.37. The Morgan fingerprint density at radius 2 is 2.13 bits per heavy atom. The van der Waals surface area contributed by atoms with E-state index in [-0.39, 0.29) is 17.3 Å². The first-order chi connectivity index (χ1) is 11.2. The maximum absolute atomic E-state index is 12.3. The Labute approximate surface area is 138 Å². The van der Waals surface area contributed by atoms with Gasteiger partial charge in [-0.15, -0.1) is 0 Å². The molecule has 0 radical (unpaired) electrons. The summed E-state index contributed by atoms with van der Waals surface area (Å²) in [6, 6.07) is 7.30. The van der Waals surface area contributed by atoms with Crippen LogP contribution in [-0.2, 0) is 10.8 Å². The molecule has 0 unspecified atom stereocenters. The summed E-state index contributed by atoms with van der Waals surface area (Å²) >= 11 is 0. The average molecular weight is 334 g/mol. The molecular formula is C16H22N4O2S. The number of rotatable bonds is 4. The van der Waals surface area contributed by atoms with E-state index in [0.717, 1.165) is 36.7 Å². The van der Waals surface area contributed by atoms with Crippen LogP contribution in [0.5, 0.6) is 0 Å². The number of fused-ring (bicyclic) bond motifs is 1. The molecule has 1 heterocycles. The molecule has 124 valence electrons. The Morgan fingerprint density at radius 3 is 2.96 bits per heavy atom. The number of nitrogens with zero attached hydrogens (tertiary/aromatic N) is 2. The summed E-state index contributed by atoms with van der Waals surface area (Å²) in [5.41, 5.74) is 4.47. The van der Waals surface area contributed by atoms with E-state index in [1.54, 1.807) is 11.0 Å². The monoisotopic (exact) mass is 334 g/mol. The minimum atomic E-state index is -0.883. The van der Waals surface area contributed by atoms with Crippen molar-refractivity contribution >= 4 is 27.9 Å². The van der Waals surface area contributed by atoms with Gasteiger partial charge in [0.2, 0.25) is 0 Å². The lowest BCUT2D eigenvalue weighted by Gasteiger charge is -2.31. The van der Waals surface area contributed by atoms with Gasteiger partial charge in [0.15, 0.2) is 0 Å². The molecule has 1 aliphatic rings. The summed E-state index contributed by atoms with van der Waals surface area (Å²) in [7, 11) is -0.883. The van der Waals surface area contributed by atoms with E-state index in [1.165, 1.54) is 0 Å². The van der Waals surface area contributed by atoms with Crippen molar-refractivity contribution in [3.8, 4) is 0 Å². The van der Waals surface area contributed by atoms with E-state index in [9.17, 15) is 9.00 Å². The van der Waals surface area contributed by atoms with Crippen LogP contribution < -0.4 is 10.7 Å². The molecule has 2 aromatic rings. The van der Waals surface area contributed by atoms with Crippen LogP contribution in [0.15, 0.2) is 30.6 Å². The predicted molar refractivity (Wildman–Crippen MR) is 92.4 cm³/mol. The van der Waals surface area contributed by atoms with Crippen LogP contribution in [-0.4, -0.2) is 36.9 Å². The third-order valence-corrected chi connectivity index (χ3v) is 6.13. The fourth-order valence-corrected chi connectivity index (χ4v) is 4.58. The SMILES string of the molecule is CC[S@@](=O)[C@@H]1CCCC[C@@H]1NC(=O)Nn1cnc2ccccc21. The van der Waals surface area contributed by atoms with Gasteiger partial charge in [-0.2, -0.15) is 0 Å². The first-order valence-electron chi connectivity index (χ1n) is 8.06. The third-order valence-electron chi connectivity index (χ3n) is 4.32. The second kappa shape index (κ2) is 7.12. The van der Waals surface area contributed by atoms with Crippen molar-refractivity contribution in [2.45, 2.75) is 43.9 Å². The van der Waals surface area contributed by atoms with Crippen LogP contribution in [0, 0.1) is 0 Å². The van der Waals surface area contributed by atoms with Gasteiger partial charge in [0.1, 0.15) is 6.33 Å². The third kappa shape index (κ3) is 3.55. The van der Waals surface area contributed by atoms with Gasteiger partial charge in [0, 0.05) is 22.6 Å². The van der Waals surface area contributed by atoms with Crippen molar-refractivity contribution in [3.63, 3.8) is 0 Å². The topological polar surface area (TPSA) is 76.0 Å². The largest absolute Gasteiger partial charge is 0.334 e. The lowest BCUT2D eigenvalue weighted by Crippen LogP contribution is -2.49. The second-order valence-corrected chi connectivity index (χ2v) is 7.73. The number of hydrogen-bond acceptors (Lipinski definition) is 3. The van der Waals surface area contributed by atoms with Crippen LogP contribution in [0.3, 0.4) is 0 Å². The molecule has 1 fully saturated rings. The average Bonchev–Trinajstić information content (AvgIpc) is 2.98. The van der Waals surface area contributed by atoms with Crippen molar-refractivity contribution in [1.82, 2.24) is 15.0 Å². The van der Waals surface area contributed by atoms with Gasteiger partial charge < -0.3 is 5.32 Å². The maximum atomic E-state index is 12.3. The number of hydrogen-bond donors (Lipinski definition) is 2. The van der Waals surface area contributed by atoms with Crippen molar-refractivity contribution in [2.75, 3.05) is 11.2 Å². The highest BCUT2D eigenvalue weighted by atomic mass is 32.2. The van der Waals surface area contributed by atoms with Gasteiger partial charge in [-0.25, -0.2) is 19.9 Å². The number of carbonyl (C=O) groups is 1. The highest BCUT2D eigenvalue weighted by molar-refractivity contribution is 7.85. The quantitative estimate of drug-likeness (QED) is 0.901. The molecule has 0 spiro atoms. The molecule has 2 N–H and O–H groups in total. The molecule has 0 aliphatic heterocycles. The first kappa shape index (κ1) is 16.0. The smallest absolute Gasteiger partial charge is 0.333 e. The van der Waals surface area contributed by atoms with Gasteiger partial charge >= 0.3 is 6.03 Å². The Bertz CT molecular complexity index is 715. The molecule has 2 amide bonds. The van der Waals surface area contributed by atoms with Crippen LogP contribution in [0.1, 0.15) is 32.6 Å².